The van der Waals surface area contributed by atoms with Gasteiger partial charge in [-0.05, 0) is 18.2 Å². The number of nitrogens with zero attached hydrogens (tertiary/aromatic N) is 4. The third kappa shape index (κ3) is 5.70. The molecule has 1 unspecified atom stereocenters. The zero-order chi connectivity index (χ0) is 26.4. The molecule has 0 aliphatic carbocycles. The van der Waals surface area contributed by atoms with Crippen LogP contribution in [0.5, 0.6) is 23.0 Å². The molecule has 198 valence electrons. The number of piperazine rings is 1. The molecule has 5 rings (SSSR count). The van der Waals surface area contributed by atoms with Crippen LogP contribution in [0.1, 0.15) is 0 Å². The smallest absolute Gasteiger partial charge is 0.267 e. The summed E-state index contributed by atoms with van der Waals surface area (Å²) in [5, 5.41) is 15.9. The number of para-hydroxylation sites is 2. The van der Waals surface area contributed by atoms with Crippen molar-refractivity contribution in [1.82, 2.24) is 14.9 Å². The van der Waals surface area contributed by atoms with E-state index in [0.717, 1.165) is 0 Å². The van der Waals surface area contributed by atoms with Gasteiger partial charge in [0.1, 0.15) is 12.4 Å². The highest BCUT2D eigenvalue weighted by Crippen LogP contribution is 2.34. The second kappa shape index (κ2) is 11.8. The van der Waals surface area contributed by atoms with E-state index in [2.05, 4.69) is 9.97 Å². The molecule has 12 nitrogen and oxygen atoms in total. The van der Waals surface area contributed by atoms with Gasteiger partial charge in [0.2, 0.25) is 12.1 Å². The molecule has 2 aliphatic rings. The number of fused-ring (bicyclic) bond motifs is 2. The van der Waals surface area contributed by atoms with Gasteiger partial charge in [-0.1, -0.05) is 12.1 Å². The van der Waals surface area contributed by atoms with Crippen LogP contribution in [0.25, 0.3) is 10.9 Å². The Bertz CT molecular complexity index is 1230. The third-order valence-electron chi connectivity index (χ3n) is 5.98. The van der Waals surface area contributed by atoms with Crippen molar-refractivity contribution in [3.05, 3.63) is 36.4 Å². The highest BCUT2D eigenvalue weighted by atomic mass is 16.6. The van der Waals surface area contributed by atoms with E-state index in [4.69, 9.17) is 34.9 Å². The first kappa shape index (κ1) is 26.0. The number of rotatable bonds is 5. The second-order valence-corrected chi connectivity index (χ2v) is 8.26. The lowest BCUT2D eigenvalue weighted by Crippen LogP contribution is -2.54. The molecule has 0 spiro atoms. The number of methoxy groups -OCH3 is 2. The van der Waals surface area contributed by atoms with Crippen LogP contribution in [-0.2, 0) is 4.79 Å². The van der Waals surface area contributed by atoms with Crippen LogP contribution < -0.4 is 29.6 Å². The number of nitrogens with two attached hydrogens (primary N) is 1. The Balaban J connectivity index is 0.000000747. The number of carbonyl (C=O) groups is 1. The predicted molar refractivity (Wildman–Crippen MR) is 136 cm³/mol. The minimum absolute atomic E-state index is 0.0834. The summed E-state index contributed by atoms with van der Waals surface area (Å²) >= 11 is 0. The van der Waals surface area contributed by atoms with Crippen LogP contribution in [-0.4, -0.2) is 97.3 Å². The third-order valence-corrected chi connectivity index (χ3v) is 5.98. The number of benzene rings is 2. The normalized spacial score (nSPS) is 16.6. The SMILES string of the molecule is COc1cc2nc(N3CCN(C(=O)C4COc5ccccc5O4)CC3)nc(N)c2cc1OC.OCCO. The van der Waals surface area contributed by atoms with Crippen LogP contribution in [0, 0.1) is 0 Å². The number of anilines is 2. The molecular weight excluding hydrogens is 482 g/mol. The van der Waals surface area contributed by atoms with Gasteiger partial charge in [-0.3, -0.25) is 4.79 Å². The number of nitrogen functional groups attached to an aromatic ring is 1. The van der Waals surface area contributed by atoms with Crippen molar-refractivity contribution in [2.75, 3.05) is 70.9 Å². The van der Waals surface area contributed by atoms with Crippen molar-refractivity contribution in [2.24, 2.45) is 0 Å². The van der Waals surface area contributed by atoms with Gasteiger partial charge in [0.25, 0.3) is 5.91 Å². The molecule has 1 saturated heterocycles. The zero-order valence-electron chi connectivity index (χ0n) is 20.8. The lowest BCUT2D eigenvalue weighted by molar-refractivity contribution is -0.141. The summed E-state index contributed by atoms with van der Waals surface area (Å²) in [6.07, 6.45) is -0.651. The van der Waals surface area contributed by atoms with Gasteiger partial charge in [-0.15, -0.1) is 0 Å². The first-order valence-electron chi connectivity index (χ1n) is 11.8. The molecule has 1 aromatic heterocycles. The Morgan fingerprint density at radius 2 is 1.68 bits per heavy atom. The zero-order valence-corrected chi connectivity index (χ0v) is 20.8. The monoisotopic (exact) mass is 513 g/mol. The fraction of sp³-hybridized carbons (Fsp3) is 0.400. The van der Waals surface area contributed by atoms with Gasteiger partial charge in [0.15, 0.2) is 23.0 Å². The number of amides is 1. The highest BCUT2D eigenvalue weighted by molar-refractivity contribution is 5.91. The molecule has 1 atom stereocenters. The van der Waals surface area contributed by atoms with Crippen molar-refractivity contribution in [2.45, 2.75) is 6.10 Å². The molecule has 2 aliphatic heterocycles. The number of carbonyl (C=O) groups excluding carboxylic acids is 1. The van der Waals surface area contributed by atoms with Crippen molar-refractivity contribution < 1.29 is 34.0 Å². The summed E-state index contributed by atoms with van der Waals surface area (Å²) in [5.41, 5.74) is 6.89. The predicted octanol–water partition coefficient (Wildman–Crippen LogP) is 0.689. The summed E-state index contributed by atoms with van der Waals surface area (Å²) in [6.45, 7) is 2.15. The van der Waals surface area contributed by atoms with Gasteiger partial charge < -0.3 is 44.7 Å². The van der Waals surface area contributed by atoms with Crippen molar-refractivity contribution in [1.29, 1.82) is 0 Å². The molecule has 3 heterocycles. The van der Waals surface area contributed by atoms with Crippen LogP contribution in [0.3, 0.4) is 0 Å². The maximum Gasteiger partial charge on any atom is 0.267 e. The van der Waals surface area contributed by atoms with Crippen LogP contribution in [0.4, 0.5) is 11.8 Å². The van der Waals surface area contributed by atoms with Crippen LogP contribution in [0.15, 0.2) is 36.4 Å². The fourth-order valence-electron chi connectivity index (χ4n) is 4.08. The Morgan fingerprint density at radius 1 is 1.03 bits per heavy atom. The molecule has 2 aromatic carbocycles. The van der Waals surface area contributed by atoms with E-state index >= 15 is 0 Å². The highest BCUT2D eigenvalue weighted by Gasteiger charge is 2.33. The van der Waals surface area contributed by atoms with Crippen LogP contribution in [0.2, 0.25) is 0 Å². The van der Waals surface area contributed by atoms with Gasteiger partial charge in [-0.25, -0.2) is 4.98 Å². The average Bonchev–Trinajstić information content (AvgIpc) is 2.96. The van der Waals surface area contributed by atoms with E-state index in [1.165, 1.54) is 0 Å². The molecule has 37 heavy (non-hydrogen) atoms. The van der Waals surface area contributed by atoms with Gasteiger partial charge in [0, 0.05) is 37.6 Å². The lowest BCUT2D eigenvalue weighted by Gasteiger charge is -2.37. The van der Waals surface area contributed by atoms with Crippen molar-refractivity contribution in [3.63, 3.8) is 0 Å². The van der Waals surface area contributed by atoms with Gasteiger partial charge in [-0.2, -0.15) is 4.98 Å². The number of aliphatic hydroxyl groups is 2. The minimum atomic E-state index is -0.651. The summed E-state index contributed by atoms with van der Waals surface area (Å²) < 4.78 is 22.3. The topological polar surface area (TPSA) is 153 Å². The Labute approximate surface area is 214 Å². The van der Waals surface area contributed by atoms with Gasteiger partial charge >= 0.3 is 0 Å². The molecular formula is C25H31N5O7. The number of ether oxygens (including phenoxy) is 4. The van der Waals surface area contributed by atoms with E-state index in [9.17, 15) is 4.79 Å². The minimum Gasteiger partial charge on any atom is -0.493 e. The second-order valence-electron chi connectivity index (χ2n) is 8.26. The fourth-order valence-corrected chi connectivity index (χ4v) is 4.08. The van der Waals surface area contributed by atoms with Crippen molar-refractivity contribution >= 4 is 28.6 Å². The molecule has 0 bridgehead atoms. The number of hydrogen-bond acceptors (Lipinski definition) is 11. The molecule has 12 heteroatoms. The summed E-state index contributed by atoms with van der Waals surface area (Å²) in [7, 11) is 3.14. The molecule has 0 saturated carbocycles. The Kier molecular flexibility index (Phi) is 8.31. The van der Waals surface area contributed by atoms with Gasteiger partial charge in [0.05, 0.1) is 33.0 Å². The van der Waals surface area contributed by atoms with E-state index in [0.29, 0.717) is 71.8 Å². The molecule has 0 radical (unpaired) electrons. The maximum atomic E-state index is 13.0. The lowest BCUT2D eigenvalue weighted by atomic mass is 10.2. The largest absolute Gasteiger partial charge is 0.493 e. The van der Waals surface area contributed by atoms with E-state index in [-0.39, 0.29) is 25.7 Å². The molecule has 4 N–H and O–H groups in total. The molecule has 1 amide bonds. The van der Waals surface area contributed by atoms with E-state index < -0.39 is 6.10 Å². The quantitative estimate of drug-likeness (QED) is 0.442. The first-order valence-corrected chi connectivity index (χ1v) is 11.8. The van der Waals surface area contributed by atoms with E-state index in [1.807, 2.05) is 23.1 Å². The summed E-state index contributed by atoms with van der Waals surface area (Å²) in [5.74, 6) is 3.18. The Hall–Kier alpha value is -4.03. The standard InChI is InChI=1S/C23H25N5O5.C2H6O2/c1-30-18-11-14-15(12-19(18)31-2)25-23(26-21(14)24)28-9-7-27(8-10-28)22(29)20-13-32-16-5-3-4-6-17(16)33-20;3-1-2-4/h3-6,11-12,20H,7-10,13H2,1-2H3,(H2,24,25,26);3-4H,1-2H2. The Morgan fingerprint density at radius 3 is 2.32 bits per heavy atom. The summed E-state index contributed by atoms with van der Waals surface area (Å²) in [6, 6.07) is 10.9. The maximum absolute atomic E-state index is 13.0. The van der Waals surface area contributed by atoms with Crippen molar-refractivity contribution in [3.8, 4) is 23.0 Å². The number of hydrogen-bond donors (Lipinski definition) is 3. The van der Waals surface area contributed by atoms with E-state index in [1.54, 1.807) is 37.3 Å². The number of aromatic nitrogens is 2. The average molecular weight is 514 g/mol. The number of aliphatic hydroxyl groups excluding tert-OH is 2. The summed E-state index contributed by atoms with van der Waals surface area (Å²) in [4.78, 5) is 26.0. The first-order chi connectivity index (χ1) is 18.0. The molecule has 3 aromatic rings. The molecule has 1 fully saturated rings. The van der Waals surface area contributed by atoms with Crippen LogP contribution >= 0.6 is 0 Å².